The molecule has 0 aromatic heterocycles. The fourth-order valence-corrected chi connectivity index (χ4v) is 2.97. The van der Waals surface area contributed by atoms with Gasteiger partial charge in [-0.05, 0) is 44.9 Å². The zero-order chi connectivity index (χ0) is 17.9. The van der Waals surface area contributed by atoms with Gasteiger partial charge in [-0.15, -0.1) is 0 Å². The van der Waals surface area contributed by atoms with E-state index in [1.165, 1.54) is 5.56 Å². The standard InChI is InChI=1S/C19H29N3O2/c1-19(2,3)22-13-15(12-17(22)23)18(24)20-11-10-14-6-8-16(9-7-14)21(4)5/h6-9,15H,10-13H2,1-5H3,(H,20,24)/t15-/m0/s1. The van der Waals surface area contributed by atoms with Gasteiger partial charge in [0.2, 0.25) is 11.8 Å². The lowest BCUT2D eigenvalue weighted by molar-refractivity contribution is -0.132. The number of likely N-dealkylation sites (tertiary alicyclic amines) is 1. The molecule has 1 atom stereocenters. The second-order valence-corrected chi connectivity index (χ2v) is 7.68. The molecule has 2 rings (SSSR count). The average Bonchev–Trinajstić information content (AvgIpc) is 2.90. The SMILES string of the molecule is CN(C)c1ccc(CCNC(=O)[C@H]2CC(=O)N(C(C)(C)C)C2)cc1. The maximum Gasteiger partial charge on any atom is 0.225 e. The van der Waals surface area contributed by atoms with E-state index in [-0.39, 0.29) is 23.3 Å². The summed E-state index contributed by atoms with van der Waals surface area (Å²) in [6.45, 7) is 7.12. The third kappa shape index (κ3) is 4.49. The highest BCUT2D eigenvalue weighted by molar-refractivity contribution is 5.89. The molecule has 0 aliphatic carbocycles. The lowest BCUT2D eigenvalue weighted by Crippen LogP contribution is -2.43. The van der Waals surface area contributed by atoms with Crippen molar-refractivity contribution in [3.63, 3.8) is 0 Å². The Kier molecular flexibility index (Phi) is 5.52. The van der Waals surface area contributed by atoms with Crippen molar-refractivity contribution >= 4 is 17.5 Å². The highest BCUT2D eigenvalue weighted by Gasteiger charge is 2.39. The van der Waals surface area contributed by atoms with Gasteiger partial charge in [0, 0.05) is 44.8 Å². The molecular formula is C19H29N3O2. The Morgan fingerprint density at radius 2 is 1.88 bits per heavy atom. The third-order valence-corrected chi connectivity index (χ3v) is 4.47. The molecule has 5 nitrogen and oxygen atoms in total. The lowest BCUT2D eigenvalue weighted by atomic mass is 10.1. The largest absolute Gasteiger partial charge is 0.378 e. The van der Waals surface area contributed by atoms with Crippen molar-refractivity contribution < 1.29 is 9.59 Å². The van der Waals surface area contributed by atoms with Crippen molar-refractivity contribution in [3.05, 3.63) is 29.8 Å². The molecule has 0 saturated carbocycles. The highest BCUT2D eigenvalue weighted by Crippen LogP contribution is 2.25. The number of nitrogens with zero attached hydrogens (tertiary/aromatic N) is 2. The van der Waals surface area contributed by atoms with Crippen LogP contribution in [0.5, 0.6) is 0 Å². The van der Waals surface area contributed by atoms with Crippen LogP contribution in [0.3, 0.4) is 0 Å². The summed E-state index contributed by atoms with van der Waals surface area (Å²) in [5, 5.41) is 2.97. The van der Waals surface area contributed by atoms with Gasteiger partial charge in [-0.3, -0.25) is 9.59 Å². The summed E-state index contributed by atoms with van der Waals surface area (Å²) in [4.78, 5) is 28.2. The minimum Gasteiger partial charge on any atom is -0.378 e. The topological polar surface area (TPSA) is 52.7 Å². The molecule has 1 aliphatic heterocycles. The smallest absolute Gasteiger partial charge is 0.225 e. The molecule has 2 amide bonds. The first-order valence-electron chi connectivity index (χ1n) is 8.53. The predicted molar refractivity (Wildman–Crippen MR) is 97.1 cm³/mol. The van der Waals surface area contributed by atoms with Gasteiger partial charge < -0.3 is 15.1 Å². The lowest BCUT2D eigenvalue weighted by Gasteiger charge is -2.31. The fourth-order valence-electron chi connectivity index (χ4n) is 2.97. The first-order valence-corrected chi connectivity index (χ1v) is 8.53. The number of anilines is 1. The third-order valence-electron chi connectivity index (χ3n) is 4.47. The summed E-state index contributed by atoms with van der Waals surface area (Å²) in [6, 6.07) is 8.33. The van der Waals surface area contributed by atoms with Crippen molar-refractivity contribution in [2.75, 3.05) is 32.1 Å². The Labute approximate surface area is 145 Å². The number of benzene rings is 1. The first-order chi connectivity index (χ1) is 11.2. The van der Waals surface area contributed by atoms with Crippen LogP contribution in [0.1, 0.15) is 32.8 Å². The second kappa shape index (κ2) is 7.24. The molecule has 0 spiro atoms. The van der Waals surface area contributed by atoms with Crippen molar-refractivity contribution in [2.24, 2.45) is 5.92 Å². The zero-order valence-corrected chi connectivity index (χ0v) is 15.4. The molecule has 1 fully saturated rings. The van der Waals surface area contributed by atoms with Crippen LogP contribution < -0.4 is 10.2 Å². The van der Waals surface area contributed by atoms with E-state index >= 15 is 0 Å². The summed E-state index contributed by atoms with van der Waals surface area (Å²) in [5.41, 5.74) is 2.13. The number of nitrogens with one attached hydrogen (secondary N) is 1. The van der Waals surface area contributed by atoms with Gasteiger partial charge in [0.1, 0.15) is 0 Å². The van der Waals surface area contributed by atoms with Gasteiger partial charge in [-0.1, -0.05) is 12.1 Å². The van der Waals surface area contributed by atoms with Crippen LogP contribution in [-0.4, -0.2) is 49.4 Å². The summed E-state index contributed by atoms with van der Waals surface area (Å²) < 4.78 is 0. The van der Waals surface area contributed by atoms with E-state index in [9.17, 15) is 9.59 Å². The average molecular weight is 331 g/mol. The molecule has 132 valence electrons. The van der Waals surface area contributed by atoms with Gasteiger partial charge in [-0.2, -0.15) is 0 Å². The van der Waals surface area contributed by atoms with Gasteiger partial charge in [-0.25, -0.2) is 0 Å². The monoisotopic (exact) mass is 331 g/mol. The van der Waals surface area contributed by atoms with Crippen LogP contribution in [0.2, 0.25) is 0 Å². The number of hydrogen-bond acceptors (Lipinski definition) is 3. The molecular weight excluding hydrogens is 302 g/mol. The number of carbonyl (C=O) groups excluding carboxylic acids is 2. The van der Waals surface area contributed by atoms with Crippen molar-refractivity contribution in [2.45, 2.75) is 39.2 Å². The van der Waals surface area contributed by atoms with Crippen LogP contribution in [0.25, 0.3) is 0 Å². The Morgan fingerprint density at radius 1 is 1.25 bits per heavy atom. The first kappa shape index (κ1) is 18.3. The summed E-state index contributed by atoms with van der Waals surface area (Å²) >= 11 is 0. The number of rotatable bonds is 5. The van der Waals surface area contributed by atoms with E-state index in [1.54, 1.807) is 4.90 Å². The van der Waals surface area contributed by atoms with Crippen LogP contribution in [0.15, 0.2) is 24.3 Å². The Hall–Kier alpha value is -2.04. The fraction of sp³-hybridized carbons (Fsp3) is 0.579. The van der Waals surface area contributed by atoms with Crippen molar-refractivity contribution in [1.82, 2.24) is 10.2 Å². The molecule has 1 aromatic carbocycles. The van der Waals surface area contributed by atoms with E-state index < -0.39 is 0 Å². The Morgan fingerprint density at radius 3 is 2.38 bits per heavy atom. The molecule has 1 aromatic rings. The van der Waals surface area contributed by atoms with E-state index in [1.807, 2.05) is 34.9 Å². The molecule has 1 aliphatic rings. The van der Waals surface area contributed by atoms with E-state index in [2.05, 4.69) is 34.5 Å². The minimum atomic E-state index is -0.229. The Balaban J connectivity index is 1.80. The number of carbonyl (C=O) groups is 2. The predicted octanol–water partition coefficient (Wildman–Crippen LogP) is 2.06. The van der Waals surface area contributed by atoms with E-state index in [0.29, 0.717) is 19.5 Å². The van der Waals surface area contributed by atoms with Gasteiger partial charge >= 0.3 is 0 Å². The van der Waals surface area contributed by atoms with Crippen molar-refractivity contribution in [3.8, 4) is 0 Å². The molecule has 1 heterocycles. The highest BCUT2D eigenvalue weighted by atomic mass is 16.2. The molecule has 24 heavy (non-hydrogen) atoms. The van der Waals surface area contributed by atoms with E-state index in [0.717, 1.165) is 12.1 Å². The normalized spacial score (nSPS) is 18.0. The molecule has 1 saturated heterocycles. The molecule has 1 N–H and O–H groups in total. The summed E-state index contributed by atoms with van der Waals surface area (Å²) in [6.07, 6.45) is 1.11. The number of hydrogen-bond donors (Lipinski definition) is 1. The number of amides is 2. The van der Waals surface area contributed by atoms with E-state index in [4.69, 9.17) is 0 Å². The summed E-state index contributed by atoms with van der Waals surface area (Å²) in [7, 11) is 4.03. The maximum absolute atomic E-state index is 12.3. The zero-order valence-electron chi connectivity index (χ0n) is 15.4. The van der Waals surface area contributed by atoms with Crippen LogP contribution in [-0.2, 0) is 16.0 Å². The summed E-state index contributed by atoms with van der Waals surface area (Å²) in [5.74, 6) is -0.172. The van der Waals surface area contributed by atoms with Gasteiger partial charge in [0.05, 0.1) is 5.92 Å². The molecule has 0 unspecified atom stereocenters. The maximum atomic E-state index is 12.3. The van der Waals surface area contributed by atoms with Crippen molar-refractivity contribution in [1.29, 1.82) is 0 Å². The van der Waals surface area contributed by atoms with Gasteiger partial charge in [0.25, 0.3) is 0 Å². The molecule has 0 radical (unpaired) electrons. The second-order valence-electron chi connectivity index (χ2n) is 7.68. The molecule has 5 heteroatoms. The van der Waals surface area contributed by atoms with Crippen LogP contribution in [0, 0.1) is 5.92 Å². The van der Waals surface area contributed by atoms with Gasteiger partial charge in [0.15, 0.2) is 0 Å². The van der Waals surface area contributed by atoms with Crippen LogP contribution in [0.4, 0.5) is 5.69 Å². The quantitative estimate of drug-likeness (QED) is 0.898. The molecule has 0 bridgehead atoms. The van der Waals surface area contributed by atoms with Crippen LogP contribution >= 0.6 is 0 Å². The Bertz CT molecular complexity index is 588. The minimum absolute atomic E-state index is 0.0139.